The first-order valence-corrected chi connectivity index (χ1v) is 11.4. The molecule has 0 bridgehead atoms. The minimum Gasteiger partial charge on any atom is -0.507 e. The van der Waals surface area contributed by atoms with Gasteiger partial charge in [-0.05, 0) is 68.4 Å². The van der Waals surface area contributed by atoms with Crippen molar-refractivity contribution in [3.63, 3.8) is 0 Å². The van der Waals surface area contributed by atoms with Gasteiger partial charge in [0, 0.05) is 16.5 Å². The first-order valence-electron chi connectivity index (χ1n) is 11.4. The normalized spacial score (nSPS) is 10.9. The number of aromatic amines is 1. The number of hydrogen-bond donors (Lipinski definition) is 3. The number of carbonyl (C=O) groups is 2. The third-order valence-corrected chi connectivity index (χ3v) is 5.72. The van der Waals surface area contributed by atoms with Crippen molar-refractivity contribution in [2.45, 2.75) is 13.8 Å². The van der Waals surface area contributed by atoms with Gasteiger partial charge in [-0.2, -0.15) is 5.10 Å². The van der Waals surface area contributed by atoms with E-state index in [0.29, 0.717) is 40.1 Å². The molecular formula is C28H23N3O5. The van der Waals surface area contributed by atoms with Gasteiger partial charge in [-0.3, -0.25) is 14.7 Å². The van der Waals surface area contributed by atoms with Gasteiger partial charge in [0.25, 0.3) is 5.91 Å². The third-order valence-electron chi connectivity index (χ3n) is 5.72. The molecule has 5 rings (SSSR count). The standard InChI is InChI=1S/C28H23N3O5/c1-3-35-18-11-9-17(10-12-18)26(33)27-25(19-6-4-5-7-24(19)36-27)29-28(34)22-15-21(30-31-22)20-14-16(2)8-13-23(20)32/h4-15,32H,3H2,1-2H3,(H,29,34)(H,30,31). The molecule has 2 aromatic heterocycles. The van der Waals surface area contributed by atoms with Crippen molar-refractivity contribution in [2.24, 2.45) is 0 Å². The highest BCUT2D eigenvalue weighted by molar-refractivity contribution is 6.18. The Hall–Kier alpha value is -4.85. The summed E-state index contributed by atoms with van der Waals surface area (Å²) in [6.07, 6.45) is 0. The number of H-pyrrole nitrogens is 1. The number of aromatic hydroxyl groups is 1. The average molecular weight is 482 g/mol. The average Bonchev–Trinajstić information content (AvgIpc) is 3.52. The summed E-state index contributed by atoms with van der Waals surface area (Å²) in [6.45, 7) is 4.30. The SMILES string of the molecule is CCOc1ccc(C(=O)c2oc3ccccc3c2NC(=O)c2cc(-c3cc(C)ccc3O)n[nH]2)cc1. The number of rotatable bonds is 7. The smallest absolute Gasteiger partial charge is 0.273 e. The molecule has 36 heavy (non-hydrogen) atoms. The predicted octanol–water partition coefficient (Wildman–Crippen LogP) is 5.72. The molecule has 0 unspecified atom stereocenters. The Bertz CT molecular complexity index is 1580. The van der Waals surface area contributed by atoms with Gasteiger partial charge in [-0.15, -0.1) is 0 Å². The van der Waals surface area contributed by atoms with Crippen molar-refractivity contribution in [1.29, 1.82) is 0 Å². The summed E-state index contributed by atoms with van der Waals surface area (Å²) in [5, 5.41) is 20.5. The van der Waals surface area contributed by atoms with Crippen LogP contribution in [0.4, 0.5) is 5.69 Å². The molecular weight excluding hydrogens is 458 g/mol. The molecule has 1 amide bonds. The zero-order valence-corrected chi connectivity index (χ0v) is 19.7. The number of carbonyl (C=O) groups excluding carboxylic acids is 2. The van der Waals surface area contributed by atoms with E-state index in [0.717, 1.165) is 5.56 Å². The number of amides is 1. The summed E-state index contributed by atoms with van der Waals surface area (Å²) >= 11 is 0. The van der Waals surface area contributed by atoms with Crippen LogP contribution in [0.1, 0.15) is 39.1 Å². The molecule has 0 saturated carbocycles. The molecule has 8 nitrogen and oxygen atoms in total. The van der Waals surface area contributed by atoms with E-state index < -0.39 is 5.91 Å². The molecule has 0 aliphatic heterocycles. The number of ether oxygens (including phenoxy) is 1. The van der Waals surface area contributed by atoms with E-state index in [-0.39, 0.29) is 28.7 Å². The quantitative estimate of drug-likeness (QED) is 0.256. The number of benzene rings is 3. The molecule has 180 valence electrons. The number of phenolic OH excluding ortho intramolecular Hbond substituents is 1. The number of para-hydroxylation sites is 1. The lowest BCUT2D eigenvalue weighted by Crippen LogP contribution is -2.14. The molecule has 0 aliphatic carbocycles. The Labute approximate surface area is 206 Å². The zero-order valence-electron chi connectivity index (χ0n) is 19.7. The maximum atomic E-state index is 13.3. The minimum absolute atomic E-state index is 0.0183. The fraction of sp³-hybridized carbons (Fsp3) is 0.107. The summed E-state index contributed by atoms with van der Waals surface area (Å²) < 4.78 is 11.3. The molecule has 2 heterocycles. The number of phenols is 1. The Balaban J connectivity index is 1.47. The van der Waals surface area contributed by atoms with Crippen LogP contribution < -0.4 is 10.1 Å². The Morgan fingerprint density at radius 1 is 1.06 bits per heavy atom. The molecule has 0 fully saturated rings. The van der Waals surface area contributed by atoms with Crippen LogP contribution in [-0.4, -0.2) is 33.6 Å². The topological polar surface area (TPSA) is 117 Å². The van der Waals surface area contributed by atoms with Crippen molar-refractivity contribution in [3.8, 4) is 22.8 Å². The van der Waals surface area contributed by atoms with Gasteiger partial charge in [0.15, 0.2) is 5.76 Å². The van der Waals surface area contributed by atoms with E-state index in [9.17, 15) is 14.7 Å². The maximum Gasteiger partial charge on any atom is 0.273 e. The third kappa shape index (κ3) is 4.32. The predicted molar refractivity (Wildman–Crippen MR) is 136 cm³/mol. The molecule has 3 aromatic carbocycles. The summed E-state index contributed by atoms with van der Waals surface area (Å²) in [4.78, 5) is 26.5. The highest BCUT2D eigenvalue weighted by atomic mass is 16.5. The number of aromatic nitrogens is 2. The van der Waals surface area contributed by atoms with Gasteiger partial charge in [0.05, 0.1) is 18.0 Å². The van der Waals surface area contributed by atoms with Crippen molar-refractivity contribution in [3.05, 3.63) is 95.4 Å². The number of ketones is 1. The number of nitrogens with one attached hydrogen (secondary N) is 2. The molecule has 5 aromatic rings. The van der Waals surface area contributed by atoms with Crippen molar-refractivity contribution < 1.29 is 23.8 Å². The second-order valence-corrected chi connectivity index (χ2v) is 8.23. The Morgan fingerprint density at radius 3 is 2.61 bits per heavy atom. The lowest BCUT2D eigenvalue weighted by molar-refractivity contribution is 0.101. The molecule has 0 atom stereocenters. The number of fused-ring (bicyclic) bond motifs is 1. The monoisotopic (exact) mass is 481 g/mol. The van der Waals surface area contributed by atoms with Crippen LogP contribution in [0, 0.1) is 6.92 Å². The van der Waals surface area contributed by atoms with Crippen molar-refractivity contribution >= 4 is 28.3 Å². The highest BCUT2D eigenvalue weighted by Gasteiger charge is 2.24. The molecule has 3 N–H and O–H groups in total. The number of nitrogens with zero attached hydrogens (tertiary/aromatic N) is 1. The van der Waals surface area contributed by atoms with Crippen LogP contribution in [0.2, 0.25) is 0 Å². The molecule has 8 heteroatoms. The van der Waals surface area contributed by atoms with Crippen molar-refractivity contribution in [2.75, 3.05) is 11.9 Å². The van der Waals surface area contributed by atoms with Crippen molar-refractivity contribution in [1.82, 2.24) is 10.2 Å². The van der Waals surface area contributed by atoms with E-state index >= 15 is 0 Å². The van der Waals surface area contributed by atoms with Gasteiger partial charge in [-0.25, -0.2) is 0 Å². The second-order valence-electron chi connectivity index (χ2n) is 8.23. The van der Waals surface area contributed by atoms with Crippen LogP contribution in [0.25, 0.3) is 22.2 Å². The number of anilines is 1. The van der Waals surface area contributed by atoms with Gasteiger partial charge in [-0.1, -0.05) is 23.8 Å². The largest absolute Gasteiger partial charge is 0.507 e. The Kier molecular flexibility index (Phi) is 6.00. The fourth-order valence-electron chi connectivity index (χ4n) is 3.94. The lowest BCUT2D eigenvalue weighted by Gasteiger charge is -2.06. The van der Waals surface area contributed by atoms with E-state index in [2.05, 4.69) is 15.5 Å². The Morgan fingerprint density at radius 2 is 1.83 bits per heavy atom. The number of hydrogen-bond acceptors (Lipinski definition) is 6. The van der Waals surface area contributed by atoms with Crippen LogP contribution in [-0.2, 0) is 0 Å². The maximum absolute atomic E-state index is 13.3. The van der Waals surface area contributed by atoms with E-state index in [1.54, 1.807) is 72.8 Å². The molecule has 0 radical (unpaired) electrons. The van der Waals surface area contributed by atoms with Gasteiger partial charge < -0.3 is 19.6 Å². The molecule has 0 spiro atoms. The summed E-state index contributed by atoms with van der Waals surface area (Å²) in [5.74, 6) is -0.150. The van der Waals surface area contributed by atoms with Crippen LogP contribution in [0.5, 0.6) is 11.5 Å². The first-order chi connectivity index (χ1) is 17.4. The van der Waals surface area contributed by atoms with E-state index in [4.69, 9.17) is 9.15 Å². The number of aryl methyl sites for hydroxylation is 1. The summed E-state index contributed by atoms with van der Waals surface area (Å²) in [5.41, 5.74) is 3.16. The van der Waals surface area contributed by atoms with Gasteiger partial charge >= 0.3 is 0 Å². The summed E-state index contributed by atoms with van der Waals surface area (Å²) in [6, 6.07) is 20.5. The zero-order chi connectivity index (χ0) is 25.2. The second kappa shape index (κ2) is 9.42. The molecule has 0 saturated heterocycles. The number of furan rings is 1. The van der Waals surface area contributed by atoms with E-state index in [1.807, 2.05) is 13.8 Å². The van der Waals surface area contributed by atoms with Crippen LogP contribution in [0.15, 0.2) is 77.2 Å². The minimum atomic E-state index is -0.506. The lowest BCUT2D eigenvalue weighted by atomic mass is 10.1. The van der Waals surface area contributed by atoms with Crippen LogP contribution in [0.3, 0.4) is 0 Å². The molecule has 0 aliphatic rings. The van der Waals surface area contributed by atoms with Crippen LogP contribution >= 0.6 is 0 Å². The van der Waals surface area contributed by atoms with E-state index in [1.165, 1.54) is 0 Å². The fourth-order valence-corrected chi connectivity index (χ4v) is 3.94. The summed E-state index contributed by atoms with van der Waals surface area (Å²) in [7, 11) is 0. The highest BCUT2D eigenvalue weighted by Crippen LogP contribution is 2.34. The first kappa shape index (κ1) is 22.9. The van der Waals surface area contributed by atoms with Gasteiger partial charge in [0.2, 0.25) is 5.78 Å². The van der Waals surface area contributed by atoms with Gasteiger partial charge in [0.1, 0.15) is 22.8 Å².